The van der Waals surface area contributed by atoms with Gasteiger partial charge in [-0.1, -0.05) is 48.5 Å². The Morgan fingerprint density at radius 1 is 1.10 bits per heavy atom. The van der Waals surface area contributed by atoms with E-state index in [0.29, 0.717) is 11.3 Å². The number of halogens is 2. The van der Waals surface area contributed by atoms with Crippen molar-refractivity contribution in [1.82, 2.24) is 4.98 Å². The van der Waals surface area contributed by atoms with E-state index in [0.717, 1.165) is 27.6 Å². The Kier molecular flexibility index (Phi) is 4.75. The van der Waals surface area contributed by atoms with Gasteiger partial charge >= 0.3 is 18.0 Å². The minimum absolute atomic E-state index is 0.0589. The van der Waals surface area contributed by atoms with Crippen LogP contribution in [-0.4, -0.2) is 28.8 Å². The molecule has 29 heavy (non-hydrogen) atoms. The third-order valence-electron chi connectivity index (χ3n) is 4.65. The van der Waals surface area contributed by atoms with E-state index in [2.05, 4.69) is 10.3 Å². The van der Waals surface area contributed by atoms with Gasteiger partial charge in [0.25, 0.3) is 0 Å². The zero-order chi connectivity index (χ0) is 20.6. The second kappa shape index (κ2) is 7.25. The van der Waals surface area contributed by atoms with Gasteiger partial charge < -0.3 is 9.84 Å². The molecule has 0 bridgehead atoms. The van der Waals surface area contributed by atoms with E-state index < -0.39 is 23.7 Å². The van der Waals surface area contributed by atoms with Gasteiger partial charge in [0.05, 0.1) is 0 Å². The van der Waals surface area contributed by atoms with Crippen molar-refractivity contribution in [2.45, 2.75) is 11.8 Å². The van der Waals surface area contributed by atoms with Crippen molar-refractivity contribution in [2.24, 2.45) is 0 Å². The molecule has 6 nitrogen and oxygen atoms in total. The molecule has 0 saturated heterocycles. The van der Waals surface area contributed by atoms with E-state index in [1.807, 2.05) is 48.5 Å². The van der Waals surface area contributed by atoms with Crippen LogP contribution in [0.3, 0.4) is 0 Å². The van der Waals surface area contributed by atoms with E-state index in [1.165, 1.54) is 0 Å². The highest BCUT2D eigenvalue weighted by Gasteiger charge is 2.43. The summed E-state index contributed by atoms with van der Waals surface area (Å²) in [6.45, 7) is 0.0589. The summed E-state index contributed by atoms with van der Waals surface area (Å²) in [6.07, 6.45) is -0.855. The fourth-order valence-corrected chi connectivity index (χ4v) is 4.02. The number of ether oxygens (including phenoxy) is 1. The van der Waals surface area contributed by atoms with Crippen LogP contribution in [0.2, 0.25) is 0 Å². The Hall–Kier alpha value is -3.33. The fourth-order valence-electron chi connectivity index (χ4n) is 3.31. The molecule has 1 heterocycles. The number of carbonyl (C=O) groups is 2. The van der Waals surface area contributed by atoms with Crippen LogP contribution in [0.4, 0.5) is 18.7 Å². The van der Waals surface area contributed by atoms with Gasteiger partial charge in [0.15, 0.2) is 5.13 Å². The second-order valence-corrected chi connectivity index (χ2v) is 7.23. The number of nitrogens with one attached hydrogen (secondary N) is 1. The van der Waals surface area contributed by atoms with Crippen molar-refractivity contribution in [3.05, 3.63) is 70.7 Å². The number of anilines is 1. The Bertz CT molecular complexity index is 1050. The third kappa shape index (κ3) is 3.44. The minimum atomic E-state index is -4.13. The number of hydrogen-bond donors (Lipinski definition) is 2. The standard InChI is InChI=1S/C20H14F2N2O4S/c21-20(22,17(25)26)16-10-29-18(23-16)24-19(27)28-9-15-13-7-3-1-5-11(13)12-6-2-4-8-14(12)15/h1-8,10,15H,9H2,(H,25,26)(H,23,24,27). The molecule has 0 spiro atoms. The van der Waals surface area contributed by atoms with E-state index in [9.17, 15) is 18.4 Å². The summed E-state index contributed by atoms with van der Waals surface area (Å²) in [6, 6.07) is 15.7. The Morgan fingerprint density at radius 2 is 1.69 bits per heavy atom. The van der Waals surface area contributed by atoms with Gasteiger partial charge in [-0.25, -0.2) is 14.6 Å². The summed E-state index contributed by atoms with van der Waals surface area (Å²) < 4.78 is 32.2. The summed E-state index contributed by atoms with van der Waals surface area (Å²) in [5.41, 5.74) is 3.30. The normalized spacial score (nSPS) is 12.9. The summed E-state index contributed by atoms with van der Waals surface area (Å²) in [5, 5.41) is 11.5. The van der Waals surface area contributed by atoms with Crippen LogP contribution in [-0.2, 0) is 15.5 Å². The molecule has 1 aliphatic carbocycles. The highest BCUT2D eigenvalue weighted by atomic mass is 32.1. The van der Waals surface area contributed by atoms with Crippen LogP contribution < -0.4 is 5.32 Å². The van der Waals surface area contributed by atoms with Gasteiger partial charge in [0, 0.05) is 11.3 Å². The van der Waals surface area contributed by atoms with Gasteiger partial charge in [-0.15, -0.1) is 11.3 Å². The number of carboxylic acids is 1. The highest BCUT2D eigenvalue weighted by molar-refractivity contribution is 7.13. The number of hydrogen-bond acceptors (Lipinski definition) is 5. The van der Waals surface area contributed by atoms with Crippen molar-refractivity contribution in [1.29, 1.82) is 0 Å². The summed E-state index contributed by atoms with van der Waals surface area (Å²) >= 11 is 0.691. The first-order chi connectivity index (χ1) is 13.9. The van der Waals surface area contributed by atoms with Crippen molar-refractivity contribution < 1.29 is 28.2 Å². The Balaban J connectivity index is 1.45. The van der Waals surface area contributed by atoms with Crippen LogP contribution in [0.5, 0.6) is 0 Å². The van der Waals surface area contributed by atoms with E-state index >= 15 is 0 Å². The second-order valence-electron chi connectivity index (χ2n) is 6.37. The molecule has 148 valence electrons. The molecular weight excluding hydrogens is 402 g/mol. The van der Waals surface area contributed by atoms with Crippen LogP contribution in [0.15, 0.2) is 53.9 Å². The number of rotatable bonds is 5. The van der Waals surface area contributed by atoms with Gasteiger partial charge in [0.1, 0.15) is 12.3 Å². The average Bonchev–Trinajstić information content (AvgIpc) is 3.29. The summed E-state index contributed by atoms with van der Waals surface area (Å²) in [4.78, 5) is 26.2. The maximum absolute atomic E-state index is 13.5. The van der Waals surface area contributed by atoms with Crippen LogP contribution in [0.1, 0.15) is 22.7 Å². The Morgan fingerprint density at radius 3 is 2.28 bits per heavy atom. The van der Waals surface area contributed by atoms with E-state index in [1.54, 1.807) is 0 Å². The maximum Gasteiger partial charge on any atom is 0.413 e. The first-order valence-corrected chi connectivity index (χ1v) is 9.45. The van der Waals surface area contributed by atoms with Crippen molar-refractivity contribution >= 4 is 28.5 Å². The molecule has 2 N–H and O–H groups in total. The van der Waals surface area contributed by atoms with Crippen LogP contribution >= 0.6 is 11.3 Å². The number of amides is 1. The SMILES string of the molecule is O=C(Nc1nc(C(F)(F)C(=O)O)cs1)OCC1c2ccccc2-c2ccccc21. The summed E-state index contributed by atoms with van der Waals surface area (Å²) in [5.74, 6) is -6.58. The van der Waals surface area contributed by atoms with Gasteiger partial charge in [0.2, 0.25) is 0 Å². The Labute approximate surface area is 167 Å². The molecule has 4 rings (SSSR count). The minimum Gasteiger partial charge on any atom is -0.476 e. The van der Waals surface area contributed by atoms with E-state index in [4.69, 9.17) is 9.84 Å². The number of fused-ring (bicyclic) bond motifs is 3. The predicted molar refractivity (Wildman–Crippen MR) is 102 cm³/mol. The number of benzene rings is 2. The number of aliphatic carboxylic acids is 1. The first-order valence-electron chi connectivity index (χ1n) is 8.57. The number of nitrogens with zero attached hydrogens (tertiary/aromatic N) is 1. The molecule has 3 aromatic rings. The topological polar surface area (TPSA) is 88.5 Å². The lowest BCUT2D eigenvalue weighted by Crippen LogP contribution is -2.25. The molecule has 0 unspecified atom stereocenters. The van der Waals surface area contributed by atoms with Gasteiger partial charge in [-0.3, -0.25) is 5.32 Å². The number of carbonyl (C=O) groups excluding carboxylic acids is 1. The van der Waals surface area contributed by atoms with Crippen molar-refractivity contribution in [2.75, 3.05) is 11.9 Å². The molecule has 0 saturated carbocycles. The lowest BCUT2D eigenvalue weighted by Gasteiger charge is -2.14. The zero-order valence-corrected chi connectivity index (χ0v) is 15.6. The van der Waals surface area contributed by atoms with Crippen molar-refractivity contribution in [3.8, 4) is 11.1 Å². The zero-order valence-electron chi connectivity index (χ0n) is 14.8. The van der Waals surface area contributed by atoms with Crippen molar-refractivity contribution in [3.63, 3.8) is 0 Å². The maximum atomic E-state index is 13.5. The molecule has 1 aromatic heterocycles. The molecule has 9 heteroatoms. The molecular formula is C20H14F2N2O4S. The number of carboxylic acid groups (broad SMARTS) is 1. The number of thiazole rings is 1. The molecule has 0 atom stereocenters. The fraction of sp³-hybridized carbons (Fsp3) is 0.150. The third-order valence-corrected chi connectivity index (χ3v) is 5.40. The van der Waals surface area contributed by atoms with Gasteiger partial charge in [-0.2, -0.15) is 8.78 Å². The lowest BCUT2D eigenvalue weighted by atomic mass is 9.98. The predicted octanol–water partition coefficient (Wildman–Crippen LogP) is 4.68. The number of alkyl halides is 2. The smallest absolute Gasteiger partial charge is 0.413 e. The molecule has 0 fully saturated rings. The molecule has 0 radical (unpaired) electrons. The van der Waals surface area contributed by atoms with Crippen LogP contribution in [0.25, 0.3) is 11.1 Å². The monoisotopic (exact) mass is 416 g/mol. The molecule has 1 aliphatic rings. The molecule has 1 amide bonds. The largest absolute Gasteiger partial charge is 0.476 e. The number of aromatic nitrogens is 1. The summed E-state index contributed by atoms with van der Waals surface area (Å²) in [7, 11) is 0. The van der Waals surface area contributed by atoms with Gasteiger partial charge in [-0.05, 0) is 22.3 Å². The van der Waals surface area contributed by atoms with Crippen LogP contribution in [0, 0.1) is 0 Å². The molecule has 0 aliphatic heterocycles. The lowest BCUT2D eigenvalue weighted by molar-refractivity contribution is -0.166. The quantitative estimate of drug-likeness (QED) is 0.631. The average molecular weight is 416 g/mol. The highest BCUT2D eigenvalue weighted by Crippen LogP contribution is 2.44. The van der Waals surface area contributed by atoms with E-state index in [-0.39, 0.29) is 17.7 Å². The first kappa shape index (κ1) is 19.0. The molecule has 2 aromatic carbocycles.